The van der Waals surface area contributed by atoms with Gasteiger partial charge in [0.2, 0.25) is 0 Å². The molecular formula is C18H20. The molecule has 2 rings (SSSR count). The molecule has 0 radical (unpaired) electrons. The summed E-state index contributed by atoms with van der Waals surface area (Å²) in [7, 11) is 0. The molecule has 1 aromatic carbocycles. The van der Waals surface area contributed by atoms with Gasteiger partial charge >= 0.3 is 0 Å². The Labute approximate surface area is 110 Å². The van der Waals surface area contributed by atoms with Crippen molar-refractivity contribution in [3.63, 3.8) is 0 Å². The lowest BCUT2D eigenvalue weighted by molar-refractivity contribution is 0.638. The van der Waals surface area contributed by atoms with Crippen LogP contribution >= 0.6 is 0 Å². The van der Waals surface area contributed by atoms with Gasteiger partial charge in [-0.25, -0.2) is 0 Å². The average molecular weight is 236 g/mol. The molecule has 1 aliphatic rings. The Bertz CT molecular complexity index is 438. The third-order valence-electron chi connectivity index (χ3n) is 2.92. The Balaban J connectivity index is 0.000000184. The summed E-state index contributed by atoms with van der Waals surface area (Å²) in [5.74, 6) is 0. The van der Waals surface area contributed by atoms with Crippen LogP contribution in [0.25, 0.3) is 6.08 Å². The van der Waals surface area contributed by atoms with Crippen LogP contribution in [0.4, 0.5) is 0 Å². The van der Waals surface area contributed by atoms with E-state index in [0.29, 0.717) is 0 Å². The number of hydrogen-bond donors (Lipinski definition) is 0. The molecule has 1 aliphatic carbocycles. The van der Waals surface area contributed by atoms with Crippen LogP contribution in [-0.2, 0) is 0 Å². The van der Waals surface area contributed by atoms with E-state index in [1.54, 1.807) is 0 Å². The minimum Gasteiger partial charge on any atom is -0.102 e. The van der Waals surface area contributed by atoms with Crippen LogP contribution in [0.2, 0.25) is 0 Å². The van der Waals surface area contributed by atoms with E-state index in [2.05, 4.69) is 31.9 Å². The van der Waals surface area contributed by atoms with E-state index in [1.807, 2.05) is 60.7 Å². The molecule has 0 heteroatoms. The topological polar surface area (TPSA) is 0 Å². The van der Waals surface area contributed by atoms with E-state index in [0.717, 1.165) is 6.42 Å². The molecule has 0 N–H and O–H groups in total. The summed E-state index contributed by atoms with van der Waals surface area (Å²) < 4.78 is 0. The van der Waals surface area contributed by atoms with Crippen molar-refractivity contribution in [3.05, 3.63) is 92.1 Å². The Kier molecular flexibility index (Phi) is 5.66. The van der Waals surface area contributed by atoms with Gasteiger partial charge in [-0.1, -0.05) is 79.4 Å². The van der Waals surface area contributed by atoms with Crippen molar-refractivity contribution in [1.82, 2.24) is 0 Å². The van der Waals surface area contributed by atoms with Crippen LogP contribution in [0.1, 0.15) is 12.0 Å². The predicted octanol–water partition coefficient (Wildman–Crippen LogP) is 5.19. The fourth-order valence-electron chi connectivity index (χ4n) is 1.63. The largest absolute Gasteiger partial charge is 0.102 e. The fraction of sp³-hybridized carbons (Fsp3) is 0.111. The molecule has 0 heterocycles. The minimum atomic E-state index is 0.0226. The zero-order valence-electron chi connectivity index (χ0n) is 10.8. The van der Waals surface area contributed by atoms with Crippen molar-refractivity contribution in [3.8, 4) is 0 Å². The van der Waals surface area contributed by atoms with Crippen molar-refractivity contribution in [2.75, 3.05) is 0 Å². The van der Waals surface area contributed by atoms with E-state index in [1.165, 1.54) is 5.56 Å². The molecule has 0 aromatic heterocycles. The summed E-state index contributed by atoms with van der Waals surface area (Å²) >= 11 is 0. The molecule has 0 saturated carbocycles. The standard InChI is InChI=1S/C10H12.C8H8/c1-3-10(4-2)8-6-5-7-9-10;1-2-8-6-4-3-5-7-8/h3-8H,1-2,9H2;2-7H,1H2. The first-order valence-electron chi connectivity index (χ1n) is 6.05. The van der Waals surface area contributed by atoms with Crippen LogP contribution in [0.5, 0.6) is 0 Å². The van der Waals surface area contributed by atoms with Gasteiger partial charge in [0.25, 0.3) is 0 Å². The highest BCUT2D eigenvalue weighted by Gasteiger charge is 2.17. The van der Waals surface area contributed by atoms with Gasteiger partial charge in [0, 0.05) is 5.41 Å². The van der Waals surface area contributed by atoms with Crippen LogP contribution < -0.4 is 0 Å². The van der Waals surface area contributed by atoms with Gasteiger partial charge in [-0.2, -0.15) is 0 Å². The summed E-state index contributed by atoms with van der Waals surface area (Å²) in [5, 5.41) is 0. The van der Waals surface area contributed by atoms with Crippen molar-refractivity contribution >= 4 is 6.08 Å². The number of allylic oxidation sites excluding steroid dienone is 6. The number of benzene rings is 1. The van der Waals surface area contributed by atoms with E-state index < -0.39 is 0 Å². The van der Waals surface area contributed by atoms with Crippen LogP contribution in [0.15, 0.2) is 86.5 Å². The fourth-order valence-corrected chi connectivity index (χ4v) is 1.63. The van der Waals surface area contributed by atoms with E-state index in [-0.39, 0.29) is 5.41 Å². The van der Waals surface area contributed by atoms with E-state index >= 15 is 0 Å². The Morgan fingerprint density at radius 1 is 0.944 bits per heavy atom. The summed E-state index contributed by atoms with van der Waals surface area (Å²) in [6.45, 7) is 11.2. The van der Waals surface area contributed by atoms with Gasteiger partial charge in [-0.05, 0) is 12.0 Å². The molecule has 0 amide bonds. The number of hydrogen-bond acceptors (Lipinski definition) is 0. The zero-order valence-corrected chi connectivity index (χ0v) is 10.8. The zero-order chi connectivity index (χ0) is 13.3. The minimum absolute atomic E-state index is 0.0226. The molecule has 1 aromatic rings. The van der Waals surface area contributed by atoms with Crippen LogP contribution in [0, 0.1) is 5.41 Å². The molecule has 0 atom stereocenters. The lowest BCUT2D eigenvalue weighted by atomic mass is 9.82. The van der Waals surface area contributed by atoms with Crippen LogP contribution in [0.3, 0.4) is 0 Å². The van der Waals surface area contributed by atoms with Crippen molar-refractivity contribution < 1.29 is 0 Å². The average Bonchev–Trinajstić information content (AvgIpc) is 2.49. The summed E-state index contributed by atoms with van der Waals surface area (Å²) in [5.41, 5.74) is 1.20. The van der Waals surface area contributed by atoms with Crippen molar-refractivity contribution in [2.24, 2.45) is 5.41 Å². The Morgan fingerprint density at radius 2 is 1.61 bits per heavy atom. The lowest BCUT2D eigenvalue weighted by Crippen LogP contribution is -2.10. The third-order valence-corrected chi connectivity index (χ3v) is 2.92. The first kappa shape index (κ1) is 14.0. The third kappa shape index (κ3) is 4.06. The first-order valence-corrected chi connectivity index (χ1v) is 6.05. The molecule has 0 bridgehead atoms. The highest BCUT2D eigenvalue weighted by molar-refractivity contribution is 5.45. The Morgan fingerprint density at radius 3 is 1.94 bits per heavy atom. The molecule has 92 valence electrons. The highest BCUT2D eigenvalue weighted by Crippen LogP contribution is 2.29. The second-order valence-electron chi connectivity index (χ2n) is 4.13. The highest BCUT2D eigenvalue weighted by atomic mass is 14.2. The smallest absolute Gasteiger partial charge is 0.0274 e. The molecule has 0 aliphatic heterocycles. The predicted molar refractivity (Wildman–Crippen MR) is 82.3 cm³/mol. The van der Waals surface area contributed by atoms with Gasteiger partial charge in [0.15, 0.2) is 0 Å². The molecule has 0 spiro atoms. The summed E-state index contributed by atoms with van der Waals surface area (Å²) in [4.78, 5) is 0. The van der Waals surface area contributed by atoms with Gasteiger partial charge < -0.3 is 0 Å². The quantitative estimate of drug-likeness (QED) is 0.633. The Hall–Kier alpha value is -2.08. The normalized spacial score (nSPS) is 15.1. The van der Waals surface area contributed by atoms with Crippen LogP contribution in [-0.4, -0.2) is 0 Å². The maximum absolute atomic E-state index is 3.77. The van der Waals surface area contributed by atoms with Crippen molar-refractivity contribution in [2.45, 2.75) is 6.42 Å². The number of rotatable bonds is 3. The molecule has 0 saturated heterocycles. The van der Waals surface area contributed by atoms with Gasteiger partial charge in [0.05, 0.1) is 0 Å². The monoisotopic (exact) mass is 236 g/mol. The molecule has 0 fully saturated rings. The maximum Gasteiger partial charge on any atom is 0.0274 e. The molecule has 18 heavy (non-hydrogen) atoms. The molecule has 0 unspecified atom stereocenters. The first-order chi connectivity index (χ1) is 8.76. The maximum atomic E-state index is 3.77. The summed E-state index contributed by atoms with van der Waals surface area (Å²) in [6.07, 6.45) is 15.0. The van der Waals surface area contributed by atoms with Crippen molar-refractivity contribution in [1.29, 1.82) is 0 Å². The van der Waals surface area contributed by atoms with Gasteiger partial charge in [-0.15, -0.1) is 13.2 Å². The lowest BCUT2D eigenvalue weighted by Gasteiger charge is -2.22. The van der Waals surface area contributed by atoms with Gasteiger partial charge in [-0.3, -0.25) is 0 Å². The molecular weight excluding hydrogens is 216 g/mol. The van der Waals surface area contributed by atoms with E-state index in [9.17, 15) is 0 Å². The molecule has 0 nitrogen and oxygen atoms in total. The van der Waals surface area contributed by atoms with E-state index in [4.69, 9.17) is 0 Å². The van der Waals surface area contributed by atoms with Gasteiger partial charge in [0.1, 0.15) is 0 Å². The second-order valence-corrected chi connectivity index (χ2v) is 4.13. The summed E-state index contributed by atoms with van der Waals surface area (Å²) in [6, 6.07) is 10.0. The second kappa shape index (κ2) is 7.29. The SMILES string of the molecule is C=CC1(C=C)C=CC=CC1.C=Cc1ccccc1.